The zero-order valence-corrected chi connectivity index (χ0v) is 12.9. The van der Waals surface area contributed by atoms with Crippen molar-refractivity contribution in [3.8, 4) is 0 Å². The average Bonchev–Trinajstić information content (AvgIpc) is 2.40. The van der Waals surface area contributed by atoms with Gasteiger partial charge in [-0.25, -0.2) is 4.79 Å². The maximum atomic E-state index is 12.0. The largest absolute Gasteiger partial charge is 0.480 e. The fourth-order valence-corrected chi connectivity index (χ4v) is 2.25. The predicted molar refractivity (Wildman–Crippen MR) is 77.5 cm³/mol. The summed E-state index contributed by atoms with van der Waals surface area (Å²) in [5, 5.41) is 11.8. The Labute approximate surface area is 124 Å². The van der Waals surface area contributed by atoms with E-state index >= 15 is 0 Å². The molecule has 1 rings (SSSR count). The average molecular weight is 345 g/mol. The molecule has 0 saturated carbocycles. The molecule has 1 aromatic heterocycles. The second-order valence-electron chi connectivity index (χ2n) is 4.46. The Morgan fingerprint density at radius 1 is 1.35 bits per heavy atom. The number of carbonyl (C=O) groups is 2. The quantitative estimate of drug-likeness (QED) is 0.815. The summed E-state index contributed by atoms with van der Waals surface area (Å²) in [7, 11) is 0. The zero-order valence-electron chi connectivity index (χ0n) is 11.4. The topological polar surface area (TPSA) is 88.4 Å². The van der Waals surface area contributed by atoms with Gasteiger partial charge in [0, 0.05) is 16.7 Å². The van der Waals surface area contributed by atoms with Crippen molar-refractivity contribution >= 4 is 27.8 Å². The highest BCUT2D eigenvalue weighted by Crippen LogP contribution is 2.15. The summed E-state index contributed by atoms with van der Waals surface area (Å²) in [4.78, 5) is 34.9. The molecule has 2 N–H and O–H groups in total. The zero-order chi connectivity index (χ0) is 15.3. The van der Waals surface area contributed by atoms with Crippen molar-refractivity contribution in [3.63, 3.8) is 0 Å². The van der Waals surface area contributed by atoms with E-state index in [1.54, 1.807) is 19.9 Å². The molecular formula is C13H17BrN2O4. The van der Waals surface area contributed by atoms with Crippen molar-refractivity contribution < 1.29 is 14.7 Å². The summed E-state index contributed by atoms with van der Waals surface area (Å²) in [6.45, 7) is 3.18. The second-order valence-corrected chi connectivity index (χ2v) is 5.37. The van der Waals surface area contributed by atoms with Gasteiger partial charge in [-0.3, -0.25) is 9.59 Å². The Kier molecular flexibility index (Phi) is 5.50. The van der Waals surface area contributed by atoms with Gasteiger partial charge in [-0.1, -0.05) is 13.8 Å². The van der Waals surface area contributed by atoms with E-state index in [9.17, 15) is 19.5 Å². The van der Waals surface area contributed by atoms with Gasteiger partial charge in [-0.05, 0) is 34.8 Å². The molecule has 0 aliphatic heterocycles. The molecule has 6 nitrogen and oxygen atoms in total. The molecule has 1 amide bonds. The lowest BCUT2D eigenvalue weighted by molar-refractivity contribution is -0.148. The number of aliphatic carboxylic acids is 1. The van der Waals surface area contributed by atoms with Crippen LogP contribution in [0.15, 0.2) is 27.6 Å². The van der Waals surface area contributed by atoms with Crippen molar-refractivity contribution in [2.24, 2.45) is 0 Å². The molecule has 0 fully saturated rings. The van der Waals surface area contributed by atoms with Crippen LogP contribution in [0.2, 0.25) is 0 Å². The Morgan fingerprint density at radius 3 is 2.45 bits per heavy atom. The molecule has 0 unspecified atom stereocenters. The number of amides is 1. The molecule has 7 heteroatoms. The van der Waals surface area contributed by atoms with Gasteiger partial charge in [0.1, 0.15) is 12.1 Å². The lowest BCUT2D eigenvalue weighted by atomic mass is 9.93. The van der Waals surface area contributed by atoms with Gasteiger partial charge in [0.25, 0.3) is 5.56 Å². The third-order valence-electron chi connectivity index (χ3n) is 3.26. The van der Waals surface area contributed by atoms with E-state index in [4.69, 9.17) is 0 Å². The number of rotatable bonds is 6. The maximum absolute atomic E-state index is 12.0. The monoisotopic (exact) mass is 344 g/mol. The van der Waals surface area contributed by atoms with Gasteiger partial charge in [0.05, 0.1) is 0 Å². The number of carboxylic acid groups (broad SMARTS) is 1. The molecule has 0 bridgehead atoms. The van der Waals surface area contributed by atoms with Gasteiger partial charge in [-0.2, -0.15) is 0 Å². The highest BCUT2D eigenvalue weighted by molar-refractivity contribution is 9.10. The van der Waals surface area contributed by atoms with E-state index in [1.807, 2.05) is 0 Å². The minimum atomic E-state index is -1.29. The number of hydrogen-bond acceptors (Lipinski definition) is 3. The molecule has 20 heavy (non-hydrogen) atoms. The Morgan fingerprint density at radius 2 is 1.95 bits per heavy atom. The number of halogens is 1. The fourth-order valence-electron chi connectivity index (χ4n) is 1.87. The summed E-state index contributed by atoms with van der Waals surface area (Å²) in [6, 6.07) is 2.91. The summed E-state index contributed by atoms with van der Waals surface area (Å²) < 4.78 is 1.89. The number of pyridine rings is 1. The van der Waals surface area contributed by atoms with Crippen LogP contribution >= 0.6 is 15.9 Å². The third kappa shape index (κ3) is 3.69. The van der Waals surface area contributed by atoms with Crippen molar-refractivity contribution in [1.29, 1.82) is 0 Å². The molecule has 0 aliphatic rings. The normalized spacial score (nSPS) is 11.2. The van der Waals surface area contributed by atoms with E-state index in [-0.39, 0.29) is 24.9 Å². The SMILES string of the molecule is CCC(CC)(NC(=O)Cn1cc(Br)ccc1=O)C(=O)O. The highest BCUT2D eigenvalue weighted by Gasteiger charge is 2.36. The van der Waals surface area contributed by atoms with E-state index in [1.165, 1.54) is 16.8 Å². The van der Waals surface area contributed by atoms with Gasteiger partial charge >= 0.3 is 5.97 Å². The maximum Gasteiger partial charge on any atom is 0.329 e. The van der Waals surface area contributed by atoms with Gasteiger partial charge in [0.15, 0.2) is 0 Å². The van der Waals surface area contributed by atoms with Crippen LogP contribution in [0.4, 0.5) is 0 Å². The smallest absolute Gasteiger partial charge is 0.329 e. The number of carboxylic acids is 1. The number of nitrogens with zero attached hydrogens (tertiary/aromatic N) is 1. The van der Waals surface area contributed by atoms with Gasteiger partial charge in [-0.15, -0.1) is 0 Å². The van der Waals surface area contributed by atoms with Crippen LogP contribution < -0.4 is 10.9 Å². The number of aromatic nitrogens is 1. The minimum absolute atomic E-state index is 0.215. The van der Waals surface area contributed by atoms with Gasteiger partial charge in [0.2, 0.25) is 5.91 Å². The number of hydrogen-bond donors (Lipinski definition) is 2. The summed E-state index contributed by atoms with van der Waals surface area (Å²) >= 11 is 3.21. The molecule has 0 atom stereocenters. The number of carbonyl (C=O) groups excluding carboxylic acids is 1. The first kappa shape index (κ1) is 16.4. The molecule has 1 aromatic rings. The molecule has 110 valence electrons. The van der Waals surface area contributed by atoms with Crippen LogP contribution in [0.1, 0.15) is 26.7 Å². The van der Waals surface area contributed by atoms with Crippen molar-refractivity contribution in [1.82, 2.24) is 9.88 Å². The van der Waals surface area contributed by atoms with E-state index in [0.29, 0.717) is 4.47 Å². The standard InChI is InChI=1S/C13H17BrN2O4/c1-3-13(4-2,12(19)20)15-10(17)8-16-7-9(14)5-6-11(16)18/h5-7H,3-4,8H2,1-2H3,(H,15,17)(H,19,20). The molecule has 0 saturated heterocycles. The first-order valence-electron chi connectivity index (χ1n) is 6.25. The van der Waals surface area contributed by atoms with Crippen LogP contribution in [-0.4, -0.2) is 27.1 Å². The van der Waals surface area contributed by atoms with Gasteiger partial charge < -0.3 is 15.0 Å². The van der Waals surface area contributed by atoms with E-state index in [0.717, 1.165) is 0 Å². The lowest BCUT2D eigenvalue weighted by Gasteiger charge is -2.28. The van der Waals surface area contributed by atoms with Crippen molar-refractivity contribution in [3.05, 3.63) is 33.2 Å². The lowest BCUT2D eigenvalue weighted by Crippen LogP contribution is -2.54. The summed E-state index contributed by atoms with van der Waals surface area (Å²) in [5.74, 6) is -1.58. The summed E-state index contributed by atoms with van der Waals surface area (Å²) in [5.41, 5.74) is -1.61. The van der Waals surface area contributed by atoms with E-state index in [2.05, 4.69) is 21.2 Å². The Hall–Kier alpha value is -1.63. The molecule has 0 aromatic carbocycles. The fraction of sp³-hybridized carbons (Fsp3) is 0.462. The summed E-state index contributed by atoms with van der Waals surface area (Å²) in [6.07, 6.45) is 2.04. The predicted octanol–water partition coefficient (Wildman–Crippen LogP) is 1.37. The third-order valence-corrected chi connectivity index (χ3v) is 3.73. The highest BCUT2D eigenvalue weighted by atomic mass is 79.9. The second kappa shape index (κ2) is 6.69. The van der Waals surface area contributed by atoms with Crippen LogP contribution in [-0.2, 0) is 16.1 Å². The molecule has 1 heterocycles. The number of nitrogens with one attached hydrogen (secondary N) is 1. The molecule has 0 aliphatic carbocycles. The first-order valence-corrected chi connectivity index (χ1v) is 7.04. The van der Waals surface area contributed by atoms with Crippen LogP contribution in [0.5, 0.6) is 0 Å². The molecular weight excluding hydrogens is 328 g/mol. The van der Waals surface area contributed by atoms with Crippen molar-refractivity contribution in [2.45, 2.75) is 38.8 Å². The van der Waals surface area contributed by atoms with Crippen LogP contribution in [0, 0.1) is 0 Å². The minimum Gasteiger partial charge on any atom is -0.480 e. The Bertz CT molecular complexity index is 564. The Balaban J connectivity index is 2.89. The van der Waals surface area contributed by atoms with Crippen LogP contribution in [0.3, 0.4) is 0 Å². The van der Waals surface area contributed by atoms with Crippen LogP contribution in [0.25, 0.3) is 0 Å². The molecule has 0 spiro atoms. The first-order chi connectivity index (χ1) is 9.34. The van der Waals surface area contributed by atoms with E-state index < -0.39 is 17.4 Å². The van der Waals surface area contributed by atoms with Crippen molar-refractivity contribution in [2.75, 3.05) is 0 Å². The molecule has 0 radical (unpaired) electrons.